The molecule has 0 fully saturated rings. The van der Waals surface area contributed by atoms with Crippen LogP contribution in [0.1, 0.15) is 17.5 Å². The van der Waals surface area contributed by atoms with Crippen molar-refractivity contribution in [1.29, 1.82) is 0 Å². The molecule has 1 aromatic heterocycles. The fourth-order valence-corrected chi connectivity index (χ4v) is 9.81. The Kier molecular flexibility index (Phi) is 8.56. The third-order valence-electron chi connectivity index (χ3n) is 11.7. The molecular formula is C56H39NS. The largest absolute Gasteiger partial charge is 0.310 e. The molecule has 0 bridgehead atoms. The Morgan fingerprint density at radius 1 is 0.362 bits per heavy atom. The van der Waals surface area contributed by atoms with Crippen molar-refractivity contribution in [3.8, 4) is 44.5 Å². The molecule has 9 aromatic carbocycles. The highest BCUT2D eigenvalue weighted by molar-refractivity contribution is 7.25. The van der Waals surface area contributed by atoms with Crippen LogP contribution in [0.2, 0.25) is 0 Å². The van der Waals surface area contributed by atoms with Crippen LogP contribution in [0.5, 0.6) is 0 Å². The van der Waals surface area contributed by atoms with Gasteiger partial charge in [-0.25, -0.2) is 0 Å². The Balaban J connectivity index is 0.961. The van der Waals surface area contributed by atoms with Crippen molar-refractivity contribution in [3.05, 3.63) is 217 Å². The van der Waals surface area contributed by atoms with Gasteiger partial charge in [-0.1, -0.05) is 146 Å². The standard InChI is InChI=1S/C56H39NS/c1-2-10-38(11-3-1)39-22-28-48(29-23-39)57(49-30-24-40(25-31-49)46-27-33-56-54(37-46)53-18-6-7-19-55(53)58-56)50-16-9-15-44(36-50)42-13-8-14-43(34-42)45-26-32-52-47(35-45)21-20-41-12-4-5-17-51(41)52/h1-3,5-11,13-37H,4,12H2. The minimum Gasteiger partial charge on any atom is -0.310 e. The van der Waals surface area contributed by atoms with E-state index in [0.717, 1.165) is 29.9 Å². The molecule has 0 radical (unpaired) electrons. The van der Waals surface area contributed by atoms with Gasteiger partial charge in [-0.15, -0.1) is 11.3 Å². The van der Waals surface area contributed by atoms with Gasteiger partial charge in [0.05, 0.1) is 0 Å². The van der Waals surface area contributed by atoms with Crippen molar-refractivity contribution in [2.24, 2.45) is 0 Å². The number of hydrogen-bond acceptors (Lipinski definition) is 2. The molecule has 0 saturated heterocycles. The first-order valence-electron chi connectivity index (χ1n) is 20.1. The lowest BCUT2D eigenvalue weighted by Gasteiger charge is -2.26. The summed E-state index contributed by atoms with van der Waals surface area (Å²) in [4.78, 5) is 2.37. The molecule has 0 aliphatic heterocycles. The maximum atomic E-state index is 2.37. The van der Waals surface area contributed by atoms with E-state index in [4.69, 9.17) is 0 Å². The SMILES string of the molecule is C1=Cc2c(ccc3cc(-c4cccc(-c5cccc(N(c6ccc(-c7ccccc7)cc6)c6ccc(-c7ccc8sc9ccccc9c8c7)cc6)c5)c4)ccc23)CC1. The Hall–Kier alpha value is -7.00. The van der Waals surface area contributed by atoms with Gasteiger partial charge in [0.1, 0.15) is 0 Å². The first kappa shape index (κ1) is 34.3. The zero-order chi connectivity index (χ0) is 38.4. The Bertz CT molecular complexity index is 3150. The van der Waals surface area contributed by atoms with E-state index in [-0.39, 0.29) is 0 Å². The van der Waals surface area contributed by atoms with Gasteiger partial charge in [0, 0.05) is 37.2 Å². The Morgan fingerprint density at radius 3 is 1.74 bits per heavy atom. The summed E-state index contributed by atoms with van der Waals surface area (Å²) in [6.07, 6.45) is 6.85. The summed E-state index contributed by atoms with van der Waals surface area (Å²) in [6.45, 7) is 0. The van der Waals surface area contributed by atoms with Crippen LogP contribution in [0.4, 0.5) is 17.1 Å². The zero-order valence-electron chi connectivity index (χ0n) is 32.0. The van der Waals surface area contributed by atoms with Gasteiger partial charge in [0.2, 0.25) is 0 Å². The molecule has 1 aliphatic carbocycles. The van der Waals surface area contributed by atoms with Crippen molar-refractivity contribution >= 4 is 65.4 Å². The number of thiophene rings is 1. The van der Waals surface area contributed by atoms with E-state index >= 15 is 0 Å². The van der Waals surface area contributed by atoms with Gasteiger partial charge in [-0.2, -0.15) is 0 Å². The molecule has 2 heteroatoms. The highest BCUT2D eigenvalue weighted by Crippen LogP contribution is 2.41. The summed E-state index contributed by atoms with van der Waals surface area (Å²) in [5.74, 6) is 0. The molecule has 11 rings (SSSR count). The van der Waals surface area contributed by atoms with Crippen LogP contribution in [-0.4, -0.2) is 0 Å². The molecule has 10 aromatic rings. The number of hydrogen-bond donors (Lipinski definition) is 0. The minimum absolute atomic E-state index is 1.11. The number of anilines is 3. The van der Waals surface area contributed by atoms with Crippen molar-refractivity contribution in [2.75, 3.05) is 4.90 Å². The highest BCUT2D eigenvalue weighted by Gasteiger charge is 2.16. The minimum atomic E-state index is 1.11. The van der Waals surface area contributed by atoms with E-state index in [1.165, 1.54) is 86.6 Å². The van der Waals surface area contributed by atoms with Gasteiger partial charge >= 0.3 is 0 Å². The van der Waals surface area contributed by atoms with E-state index in [2.05, 4.69) is 217 Å². The van der Waals surface area contributed by atoms with E-state index in [1.54, 1.807) is 0 Å². The summed E-state index contributed by atoms with van der Waals surface area (Å²) in [7, 11) is 0. The van der Waals surface area contributed by atoms with Crippen LogP contribution in [-0.2, 0) is 6.42 Å². The van der Waals surface area contributed by atoms with Gasteiger partial charge < -0.3 is 4.90 Å². The number of allylic oxidation sites excluding steroid dienone is 1. The fraction of sp³-hybridized carbons (Fsp3) is 0.0357. The summed E-state index contributed by atoms with van der Waals surface area (Å²) < 4.78 is 2.66. The van der Waals surface area contributed by atoms with Crippen LogP contribution in [0.15, 0.2) is 206 Å². The van der Waals surface area contributed by atoms with E-state index in [1.807, 2.05) is 11.3 Å². The lowest BCUT2D eigenvalue weighted by Crippen LogP contribution is -2.10. The Morgan fingerprint density at radius 2 is 0.948 bits per heavy atom. The monoisotopic (exact) mass is 757 g/mol. The predicted molar refractivity (Wildman–Crippen MR) is 251 cm³/mol. The predicted octanol–water partition coefficient (Wildman–Crippen LogP) is 16.3. The van der Waals surface area contributed by atoms with E-state index in [9.17, 15) is 0 Å². The number of nitrogens with zero attached hydrogens (tertiary/aromatic N) is 1. The molecule has 0 atom stereocenters. The number of benzene rings is 9. The Labute approximate surface area is 343 Å². The molecule has 0 unspecified atom stereocenters. The van der Waals surface area contributed by atoms with Crippen molar-refractivity contribution in [2.45, 2.75) is 12.8 Å². The molecule has 274 valence electrons. The third kappa shape index (κ3) is 6.29. The van der Waals surface area contributed by atoms with Crippen molar-refractivity contribution in [1.82, 2.24) is 0 Å². The van der Waals surface area contributed by atoms with Crippen LogP contribution in [0.25, 0.3) is 81.5 Å². The van der Waals surface area contributed by atoms with E-state index < -0.39 is 0 Å². The first-order chi connectivity index (χ1) is 28.7. The summed E-state index contributed by atoms with van der Waals surface area (Å²) >= 11 is 1.86. The lowest BCUT2D eigenvalue weighted by atomic mass is 9.90. The lowest BCUT2D eigenvalue weighted by molar-refractivity contribution is 0.990. The number of aryl methyl sites for hydroxylation is 1. The molecule has 1 heterocycles. The molecule has 1 aliphatic rings. The van der Waals surface area contributed by atoms with Gasteiger partial charge in [0.25, 0.3) is 0 Å². The molecule has 58 heavy (non-hydrogen) atoms. The van der Waals surface area contributed by atoms with Gasteiger partial charge in [0.15, 0.2) is 0 Å². The smallest absolute Gasteiger partial charge is 0.0467 e. The molecule has 1 nitrogen and oxygen atoms in total. The van der Waals surface area contributed by atoms with Crippen LogP contribution in [0, 0.1) is 0 Å². The quantitative estimate of drug-likeness (QED) is 0.156. The fourth-order valence-electron chi connectivity index (χ4n) is 8.73. The van der Waals surface area contributed by atoms with Crippen molar-refractivity contribution in [3.63, 3.8) is 0 Å². The average Bonchev–Trinajstić information content (AvgIpc) is 3.68. The maximum Gasteiger partial charge on any atom is 0.0467 e. The summed E-state index contributed by atoms with van der Waals surface area (Å²) in [5, 5.41) is 5.27. The molecule has 0 spiro atoms. The summed E-state index contributed by atoms with van der Waals surface area (Å²) in [5.41, 5.74) is 15.8. The zero-order valence-corrected chi connectivity index (χ0v) is 32.8. The second kappa shape index (κ2) is 14.5. The van der Waals surface area contributed by atoms with Crippen LogP contribution >= 0.6 is 11.3 Å². The normalized spacial score (nSPS) is 12.3. The number of fused-ring (bicyclic) bond motifs is 6. The average molecular weight is 758 g/mol. The second-order valence-corrected chi connectivity index (χ2v) is 16.3. The van der Waals surface area contributed by atoms with Gasteiger partial charge in [-0.3, -0.25) is 0 Å². The third-order valence-corrected chi connectivity index (χ3v) is 12.9. The van der Waals surface area contributed by atoms with Crippen LogP contribution < -0.4 is 4.90 Å². The second-order valence-electron chi connectivity index (χ2n) is 15.3. The topological polar surface area (TPSA) is 3.24 Å². The van der Waals surface area contributed by atoms with E-state index in [0.29, 0.717) is 0 Å². The first-order valence-corrected chi connectivity index (χ1v) is 20.9. The maximum absolute atomic E-state index is 2.37. The molecule has 0 amide bonds. The molecule has 0 saturated carbocycles. The summed E-state index contributed by atoms with van der Waals surface area (Å²) in [6, 6.07) is 73.7. The highest BCUT2D eigenvalue weighted by atomic mass is 32.1. The van der Waals surface area contributed by atoms with Crippen LogP contribution in [0.3, 0.4) is 0 Å². The molecular weight excluding hydrogens is 719 g/mol. The number of rotatable bonds is 7. The van der Waals surface area contributed by atoms with Gasteiger partial charge in [-0.05, 0) is 146 Å². The van der Waals surface area contributed by atoms with Crippen molar-refractivity contribution < 1.29 is 0 Å². The molecule has 0 N–H and O–H groups in total.